The molecule has 5 heteroatoms. The Bertz CT molecular complexity index is 646. The van der Waals surface area contributed by atoms with Gasteiger partial charge in [0.25, 0.3) is 0 Å². The highest BCUT2D eigenvalue weighted by molar-refractivity contribution is 6.30. The molecule has 1 unspecified atom stereocenters. The van der Waals surface area contributed by atoms with Crippen molar-refractivity contribution in [1.82, 2.24) is 0 Å². The highest BCUT2D eigenvalue weighted by Gasteiger charge is 2.14. The molecule has 0 aliphatic heterocycles. The third kappa shape index (κ3) is 3.27. The van der Waals surface area contributed by atoms with Gasteiger partial charge in [-0.25, -0.2) is 9.18 Å². The SMILES string of the molecule is CC(Nc1ccc(F)cc1C(=O)O)c1cccc(Cl)c1. The molecule has 3 nitrogen and oxygen atoms in total. The van der Waals surface area contributed by atoms with Gasteiger partial charge in [0.15, 0.2) is 0 Å². The molecule has 0 bridgehead atoms. The molecule has 2 aromatic rings. The second-order valence-electron chi connectivity index (χ2n) is 4.42. The van der Waals surface area contributed by atoms with Gasteiger partial charge < -0.3 is 10.4 Å². The third-order valence-electron chi connectivity index (χ3n) is 2.93. The summed E-state index contributed by atoms with van der Waals surface area (Å²) in [5, 5.41) is 12.8. The zero-order chi connectivity index (χ0) is 14.7. The monoisotopic (exact) mass is 293 g/mol. The fourth-order valence-electron chi connectivity index (χ4n) is 1.91. The van der Waals surface area contributed by atoms with Crippen molar-refractivity contribution in [3.05, 3.63) is 64.4 Å². The van der Waals surface area contributed by atoms with E-state index in [0.29, 0.717) is 10.7 Å². The predicted octanol–water partition coefficient (Wildman–Crippen LogP) is 4.35. The number of halogens is 2. The van der Waals surface area contributed by atoms with Crippen molar-refractivity contribution in [3.8, 4) is 0 Å². The van der Waals surface area contributed by atoms with Crippen molar-refractivity contribution < 1.29 is 14.3 Å². The van der Waals surface area contributed by atoms with Gasteiger partial charge in [-0.1, -0.05) is 23.7 Å². The Labute approximate surface area is 121 Å². The normalized spacial score (nSPS) is 11.9. The lowest BCUT2D eigenvalue weighted by molar-refractivity contribution is 0.0697. The van der Waals surface area contributed by atoms with Crippen LogP contribution < -0.4 is 5.32 Å². The van der Waals surface area contributed by atoms with E-state index < -0.39 is 11.8 Å². The standard InChI is InChI=1S/C15H13ClFNO2/c1-9(10-3-2-4-11(16)7-10)18-14-6-5-12(17)8-13(14)15(19)20/h2-9,18H,1H3,(H,19,20). The lowest BCUT2D eigenvalue weighted by Gasteiger charge is -2.17. The zero-order valence-electron chi connectivity index (χ0n) is 10.7. The maximum Gasteiger partial charge on any atom is 0.337 e. The van der Waals surface area contributed by atoms with Crippen LogP contribution >= 0.6 is 11.6 Å². The van der Waals surface area contributed by atoms with Crippen molar-refractivity contribution in [1.29, 1.82) is 0 Å². The summed E-state index contributed by atoms with van der Waals surface area (Å²) in [5.41, 5.74) is 1.18. The summed E-state index contributed by atoms with van der Waals surface area (Å²) in [7, 11) is 0. The Morgan fingerprint density at radius 3 is 2.70 bits per heavy atom. The molecule has 0 spiro atoms. The number of carboxylic acid groups (broad SMARTS) is 1. The molecule has 2 N–H and O–H groups in total. The van der Waals surface area contributed by atoms with Crippen molar-refractivity contribution in [3.63, 3.8) is 0 Å². The molecule has 1 atom stereocenters. The molecule has 2 rings (SSSR count). The summed E-state index contributed by atoms with van der Waals surface area (Å²) in [5.74, 6) is -1.76. The minimum atomic E-state index is -1.18. The summed E-state index contributed by atoms with van der Waals surface area (Å²) >= 11 is 5.92. The first-order valence-electron chi connectivity index (χ1n) is 6.02. The lowest BCUT2D eigenvalue weighted by Crippen LogP contribution is -2.11. The molecular formula is C15H13ClFNO2. The lowest BCUT2D eigenvalue weighted by atomic mass is 10.1. The average Bonchev–Trinajstić information content (AvgIpc) is 2.40. The van der Waals surface area contributed by atoms with Crippen molar-refractivity contribution in [2.24, 2.45) is 0 Å². The average molecular weight is 294 g/mol. The number of rotatable bonds is 4. The Morgan fingerprint density at radius 2 is 2.05 bits per heavy atom. The number of anilines is 1. The van der Waals surface area contributed by atoms with Gasteiger partial charge in [0.1, 0.15) is 5.82 Å². The van der Waals surface area contributed by atoms with Crippen molar-refractivity contribution in [2.75, 3.05) is 5.32 Å². The maximum absolute atomic E-state index is 13.1. The Balaban J connectivity index is 2.28. The molecule has 0 heterocycles. The van der Waals surface area contributed by atoms with E-state index in [9.17, 15) is 9.18 Å². The zero-order valence-corrected chi connectivity index (χ0v) is 11.5. The van der Waals surface area contributed by atoms with Crippen LogP contribution in [-0.2, 0) is 0 Å². The molecule has 0 aliphatic rings. The van der Waals surface area contributed by atoms with E-state index in [1.807, 2.05) is 19.1 Å². The minimum absolute atomic E-state index is 0.0983. The first-order valence-corrected chi connectivity index (χ1v) is 6.40. The van der Waals surface area contributed by atoms with Gasteiger partial charge in [0.05, 0.1) is 5.56 Å². The van der Waals surface area contributed by atoms with Gasteiger partial charge >= 0.3 is 5.97 Å². The van der Waals surface area contributed by atoms with Crippen molar-refractivity contribution in [2.45, 2.75) is 13.0 Å². The molecule has 2 aromatic carbocycles. The minimum Gasteiger partial charge on any atom is -0.478 e. The van der Waals surface area contributed by atoms with E-state index >= 15 is 0 Å². The molecule has 0 aliphatic carbocycles. The van der Waals surface area contributed by atoms with E-state index in [0.717, 1.165) is 11.6 Å². The van der Waals surface area contributed by atoms with Crippen LogP contribution in [-0.4, -0.2) is 11.1 Å². The number of nitrogens with one attached hydrogen (secondary N) is 1. The fourth-order valence-corrected chi connectivity index (χ4v) is 2.11. The van der Waals surface area contributed by atoms with Crippen LogP contribution in [0.1, 0.15) is 28.9 Å². The van der Waals surface area contributed by atoms with Gasteiger partial charge in [-0.15, -0.1) is 0 Å². The van der Waals surface area contributed by atoms with E-state index in [1.165, 1.54) is 12.1 Å². The van der Waals surface area contributed by atoms with Crippen LogP contribution in [0.3, 0.4) is 0 Å². The number of carbonyl (C=O) groups is 1. The maximum atomic E-state index is 13.1. The van der Waals surface area contributed by atoms with Crippen LogP contribution in [0.25, 0.3) is 0 Å². The van der Waals surface area contributed by atoms with Crippen molar-refractivity contribution >= 4 is 23.3 Å². The number of hydrogen-bond donors (Lipinski definition) is 2. The van der Waals surface area contributed by atoms with Crippen LogP contribution in [0.2, 0.25) is 5.02 Å². The largest absolute Gasteiger partial charge is 0.478 e. The summed E-state index contributed by atoms with van der Waals surface area (Å²) in [4.78, 5) is 11.1. The number of benzene rings is 2. The van der Waals surface area contributed by atoms with E-state index in [2.05, 4.69) is 5.32 Å². The molecular weight excluding hydrogens is 281 g/mol. The number of aromatic carboxylic acids is 1. The summed E-state index contributed by atoms with van der Waals surface area (Å²) in [6.45, 7) is 1.88. The van der Waals surface area contributed by atoms with Gasteiger partial charge in [-0.3, -0.25) is 0 Å². The Hall–Kier alpha value is -2.07. The third-order valence-corrected chi connectivity index (χ3v) is 3.17. The highest BCUT2D eigenvalue weighted by Crippen LogP contribution is 2.24. The summed E-state index contributed by atoms with van der Waals surface area (Å²) in [6, 6.07) is 10.7. The quantitative estimate of drug-likeness (QED) is 0.881. The van der Waals surface area contributed by atoms with E-state index in [-0.39, 0.29) is 11.6 Å². The van der Waals surface area contributed by atoms with E-state index in [4.69, 9.17) is 16.7 Å². The van der Waals surface area contributed by atoms with Crippen LogP contribution in [0.5, 0.6) is 0 Å². The van der Waals surface area contributed by atoms with Gasteiger partial charge in [-0.2, -0.15) is 0 Å². The number of hydrogen-bond acceptors (Lipinski definition) is 2. The molecule has 0 amide bonds. The van der Waals surface area contributed by atoms with Gasteiger partial charge in [-0.05, 0) is 42.8 Å². The molecule has 0 aromatic heterocycles. The molecule has 20 heavy (non-hydrogen) atoms. The number of carboxylic acids is 1. The smallest absolute Gasteiger partial charge is 0.337 e. The fraction of sp³-hybridized carbons (Fsp3) is 0.133. The Kier molecular flexibility index (Phi) is 4.25. The highest BCUT2D eigenvalue weighted by atomic mass is 35.5. The van der Waals surface area contributed by atoms with E-state index in [1.54, 1.807) is 12.1 Å². The van der Waals surface area contributed by atoms with Crippen LogP contribution in [0, 0.1) is 5.82 Å². The second-order valence-corrected chi connectivity index (χ2v) is 4.85. The van der Waals surface area contributed by atoms with Crippen LogP contribution in [0.4, 0.5) is 10.1 Å². The first-order chi connectivity index (χ1) is 9.47. The summed E-state index contributed by atoms with van der Waals surface area (Å²) < 4.78 is 13.1. The topological polar surface area (TPSA) is 49.3 Å². The second kappa shape index (κ2) is 5.92. The summed E-state index contributed by atoms with van der Waals surface area (Å²) in [6.07, 6.45) is 0. The molecule has 0 radical (unpaired) electrons. The molecule has 0 saturated carbocycles. The molecule has 0 saturated heterocycles. The first kappa shape index (κ1) is 14.3. The van der Waals surface area contributed by atoms with Crippen LogP contribution in [0.15, 0.2) is 42.5 Å². The molecule has 104 valence electrons. The van der Waals surface area contributed by atoms with Gasteiger partial charge in [0.2, 0.25) is 0 Å². The Morgan fingerprint density at radius 1 is 1.30 bits per heavy atom. The predicted molar refractivity (Wildman–Crippen MR) is 76.8 cm³/mol. The van der Waals surface area contributed by atoms with Gasteiger partial charge in [0, 0.05) is 16.8 Å². The molecule has 0 fully saturated rings.